The van der Waals surface area contributed by atoms with Crippen molar-refractivity contribution in [1.29, 1.82) is 0 Å². The van der Waals surface area contributed by atoms with Crippen LogP contribution >= 0.6 is 27.3 Å². The number of halogens is 1. The first-order chi connectivity index (χ1) is 10.5. The van der Waals surface area contributed by atoms with Gasteiger partial charge < -0.3 is 0 Å². The predicted octanol–water partition coefficient (Wildman–Crippen LogP) is 5.21. The van der Waals surface area contributed by atoms with E-state index in [0.29, 0.717) is 5.82 Å². The number of hydrogen-bond donors (Lipinski definition) is 1. The number of thiophene rings is 1. The van der Waals surface area contributed by atoms with Gasteiger partial charge in [-0.1, -0.05) is 20.8 Å². The quantitative estimate of drug-likeness (QED) is 0.552. The van der Waals surface area contributed by atoms with Gasteiger partial charge in [-0.2, -0.15) is 10.2 Å². The first kappa shape index (κ1) is 17.1. The Kier molecular flexibility index (Phi) is 5.69. The first-order valence-electron chi connectivity index (χ1n) is 7.38. The van der Waals surface area contributed by atoms with Crippen molar-refractivity contribution in [2.45, 2.75) is 46.0 Å². The van der Waals surface area contributed by atoms with E-state index < -0.39 is 0 Å². The molecule has 0 fully saturated rings. The molecule has 4 nitrogen and oxygen atoms in total. The average molecular weight is 381 g/mol. The molecule has 2 aromatic heterocycles. The van der Waals surface area contributed by atoms with Crippen molar-refractivity contribution in [3.63, 3.8) is 0 Å². The van der Waals surface area contributed by atoms with Crippen molar-refractivity contribution >= 4 is 38.8 Å². The van der Waals surface area contributed by atoms with Crippen LogP contribution in [0.3, 0.4) is 0 Å². The van der Waals surface area contributed by atoms with Gasteiger partial charge >= 0.3 is 0 Å². The van der Waals surface area contributed by atoms with Gasteiger partial charge in [0.25, 0.3) is 0 Å². The topological polar surface area (TPSA) is 50.2 Å². The van der Waals surface area contributed by atoms with E-state index in [2.05, 4.69) is 57.4 Å². The summed E-state index contributed by atoms with van der Waals surface area (Å²) in [7, 11) is 0. The van der Waals surface area contributed by atoms with Crippen LogP contribution in [0.1, 0.15) is 51.1 Å². The molecule has 0 radical (unpaired) electrons. The highest BCUT2D eigenvalue weighted by atomic mass is 79.9. The Balaban J connectivity index is 2.08. The minimum atomic E-state index is 0.0912. The largest absolute Gasteiger partial charge is 0.260 e. The van der Waals surface area contributed by atoms with Gasteiger partial charge in [-0.05, 0) is 60.0 Å². The molecule has 0 aliphatic rings. The smallest absolute Gasteiger partial charge is 0.168 e. The van der Waals surface area contributed by atoms with Crippen molar-refractivity contribution in [2.24, 2.45) is 5.10 Å². The fourth-order valence-electron chi connectivity index (χ4n) is 2.03. The van der Waals surface area contributed by atoms with Crippen LogP contribution in [0.2, 0.25) is 0 Å². The van der Waals surface area contributed by atoms with Crippen LogP contribution in [0, 0.1) is 0 Å². The highest BCUT2D eigenvalue weighted by Crippen LogP contribution is 2.29. The van der Waals surface area contributed by atoms with Crippen molar-refractivity contribution < 1.29 is 0 Å². The minimum Gasteiger partial charge on any atom is -0.260 e. The molecule has 0 amide bonds. The third-order valence-corrected chi connectivity index (χ3v) is 5.84. The molecular weight excluding hydrogens is 360 g/mol. The Hall–Kier alpha value is -1.27. The number of rotatable bonds is 6. The van der Waals surface area contributed by atoms with E-state index >= 15 is 0 Å². The Labute approximate surface area is 144 Å². The van der Waals surface area contributed by atoms with Crippen molar-refractivity contribution in [2.75, 3.05) is 5.43 Å². The Morgan fingerprint density at radius 2 is 1.95 bits per heavy atom. The molecule has 6 heteroatoms. The average Bonchev–Trinajstić information content (AvgIpc) is 2.99. The van der Waals surface area contributed by atoms with Gasteiger partial charge in [-0.3, -0.25) is 5.43 Å². The molecule has 0 bridgehead atoms. The number of hydrazone groups is 1. The normalized spacial score (nSPS) is 12.5. The second-order valence-electron chi connectivity index (χ2n) is 5.48. The molecule has 0 saturated carbocycles. The molecule has 1 N–H and O–H groups in total. The molecule has 118 valence electrons. The maximum atomic E-state index is 4.36. The van der Waals surface area contributed by atoms with E-state index in [0.717, 1.165) is 32.9 Å². The lowest BCUT2D eigenvalue weighted by Crippen LogP contribution is -2.21. The van der Waals surface area contributed by atoms with Crippen LogP contribution in [-0.2, 0) is 5.41 Å². The Morgan fingerprint density at radius 1 is 1.23 bits per heavy atom. The van der Waals surface area contributed by atoms with Crippen LogP contribution in [0.25, 0.3) is 0 Å². The molecule has 0 spiro atoms. The van der Waals surface area contributed by atoms with Crippen LogP contribution < -0.4 is 5.43 Å². The minimum absolute atomic E-state index is 0.0912. The van der Waals surface area contributed by atoms with Gasteiger partial charge in [0.2, 0.25) is 0 Å². The molecule has 0 aliphatic heterocycles. The standard InChI is InChI=1S/C16H21BrN4S/c1-5-16(4,6-2)13-8-10-15(21-19-13)20-18-11(3)12-7-9-14(17)22-12/h7-10H,5-6H2,1-4H3,(H,20,21). The van der Waals surface area contributed by atoms with Gasteiger partial charge in [-0.25, -0.2) is 0 Å². The highest BCUT2D eigenvalue weighted by molar-refractivity contribution is 9.11. The molecule has 2 rings (SSSR count). The Bertz CT molecular complexity index is 644. The molecule has 0 unspecified atom stereocenters. The number of hydrogen-bond acceptors (Lipinski definition) is 5. The number of anilines is 1. The van der Waals surface area contributed by atoms with Crippen LogP contribution in [-0.4, -0.2) is 15.9 Å². The van der Waals surface area contributed by atoms with Crippen LogP contribution in [0.15, 0.2) is 33.2 Å². The SMILES string of the molecule is CCC(C)(CC)c1ccc(NN=C(C)c2ccc(Br)s2)nn1. The summed E-state index contributed by atoms with van der Waals surface area (Å²) < 4.78 is 1.10. The lowest BCUT2D eigenvalue weighted by Gasteiger charge is -2.25. The lowest BCUT2D eigenvalue weighted by molar-refractivity contribution is 0.421. The number of nitrogens with one attached hydrogen (secondary N) is 1. The predicted molar refractivity (Wildman–Crippen MR) is 97.8 cm³/mol. The maximum Gasteiger partial charge on any atom is 0.168 e. The summed E-state index contributed by atoms with van der Waals surface area (Å²) in [5, 5.41) is 13.0. The lowest BCUT2D eigenvalue weighted by atomic mass is 9.81. The van der Waals surface area contributed by atoms with E-state index in [1.54, 1.807) is 11.3 Å². The summed E-state index contributed by atoms with van der Waals surface area (Å²) in [5.74, 6) is 0.660. The van der Waals surface area contributed by atoms with E-state index in [9.17, 15) is 0 Å². The molecule has 0 saturated heterocycles. The molecule has 0 aliphatic carbocycles. The monoisotopic (exact) mass is 380 g/mol. The zero-order chi connectivity index (χ0) is 16.2. The highest BCUT2D eigenvalue weighted by Gasteiger charge is 2.24. The van der Waals surface area contributed by atoms with E-state index in [1.165, 1.54) is 0 Å². The fourth-order valence-corrected chi connectivity index (χ4v) is 3.36. The van der Waals surface area contributed by atoms with Crippen LogP contribution in [0.5, 0.6) is 0 Å². The summed E-state index contributed by atoms with van der Waals surface area (Å²) in [6.07, 6.45) is 2.10. The third-order valence-electron chi connectivity index (χ3n) is 4.11. The fraction of sp³-hybridized carbons (Fsp3) is 0.438. The van der Waals surface area contributed by atoms with Gasteiger partial charge in [0, 0.05) is 5.41 Å². The van der Waals surface area contributed by atoms with Gasteiger partial charge in [0.05, 0.1) is 20.1 Å². The van der Waals surface area contributed by atoms with Crippen LogP contribution in [0.4, 0.5) is 5.82 Å². The molecule has 0 aromatic carbocycles. The van der Waals surface area contributed by atoms with Gasteiger partial charge in [-0.15, -0.1) is 16.4 Å². The number of aromatic nitrogens is 2. The summed E-state index contributed by atoms with van der Waals surface area (Å²) in [5.41, 5.74) is 5.02. The molecule has 22 heavy (non-hydrogen) atoms. The first-order valence-corrected chi connectivity index (χ1v) is 8.99. The summed E-state index contributed by atoms with van der Waals surface area (Å²) >= 11 is 5.11. The van der Waals surface area contributed by atoms with E-state index in [1.807, 2.05) is 31.2 Å². The molecule has 2 aromatic rings. The summed E-state index contributed by atoms with van der Waals surface area (Å²) in [4.78, 5) is 1.12. The number of nitrogens with zero attached hydrogens (tertiary/aromatic N) is 3. The molecule has 0 atom stereocenters. The second-order valence-corrected chi connectivity index (χ2v) is 7.95. The van der Waals surface area contributed by atoms with E-state index in [4.69, 9.17) is 0 Å². The summed E-state index contributed by atoms with van der Waals surface area (Å²) in [6, 6.07) is 8.03. The zero-order valence-corrected chi connectivity index (χ0v) is 15.8. The Morgan fingerprint density at radius 3 is 2.45 bits per heavy atom. The third kappa shape index (κ3) is 3.93. The van der Waals surface area contributed by atoms with Gasteiger partial charge in [0.1, 0.15) is 0 Å². The van der Waals surface area contributed by atoms with Gasteiger partial charge in [0.15, 0.2) is 5.82 Å². The molecular formula is C16H21BrN4S. The zero-order valence-electron chi connectivity index (χ0n) is 13.4. The summed E-state index contributed by atoms with van der Waals surface area (Å²) in [6.45, 7) is 8.56. The second kappa shape index (κ2) is 7.33. The maximum absolute atomic E-state index is 4.36. The molecule has 2 heterocycles. The van der Waals surface area contributed by atoms with Crippen molar-refractivity contribution in [3.05, 3.63) is 38.6 Å². The van der Waals surface area contributed by atoms with E-state index in [-0.39, 0.29) is 5.41 Å². The van der Waals surface area contributed by atoms with Crippen molar-refractivity contribution in [1.82, 2.24) is 10.2 Å². The van der Waals surface area contributed by atoms with Crippen molar-refractivity contribution in [3.8, 4) is 0 Å².